The fraction of sp³-hybridized carbons (Fsp3) is 0.588. The van der Waals surface area contributed by atoms with Crippen molar-refractivity contribution in [1.82, 2.24) is 9.62 Å². The highest BCUT2D eigenvalue weighted by Crippen LogP contribution is 2.34. The molecule has 0 bridgehead atoms. The van der Waals surface area contributed by atoms with Crippen LogP contribution in [-0.2, 0) is 20.6 Å². The largest absolute Gasteiger partial charge is 0.480 e. The van der Waals surface area contributed by atoms with Crippen molar-refractivity contribution in [3.05, 3.63) is 35.9 Å². The van der Waals surface area contributed by atoms with E-state index in [0.29, 0.717) is 18.8 Å². The summed E-state index contributed by atoms with van der Waals surface area (Å²) >= 11 is 0. The van der Waals surface area contributed by atoms with E-state index < -0.39 is 16.0 Å². The molecule has 0 amide bonds. The number of rotatable bonds is 9. The van der Waals surface area contributed by atoms with Gasteiger partial charge in [-0.15, -0.1) is 0 Å². The molecular formula is C17H24N2O4S. The van der Waals surface area contributed by atoms with Crippen molar-refractivity contribution in [3.8, 4) is 0 Å². The van der Waals surface area contributed by atoms with Crippen LogP contribution in [0.4, 0.5) is 0 Å². The molecule has 0 unspecified atom stereocenters. The summed E-state index contributed by atoms with van der Waals surface area (Å²) in [4.78, 5) is 13.0. The van der Waals surface area contributed by atoms with E-state index in [0.717, 1.165) is 12.1 Å². The molecule has 2 fully saturated rings. The minimum Gasteiger partial charge on any atom is -0.480 e. The minimum atomic E-state index is -3.36. The van der Waals surface area contributed by atoms with E-state index in [9.17, 15) is 13.2 Å². The van der Waals surface area contributed by atoms with Crippen molar-refractivity contribution in [1.29, 1.82) is 0 Å². The second kappa shape index (κ2) is 7.21. The Balaban J connectivity index is 1.49. The molecule has 3 rings (SSSR count). The summed E-state index contributed by atoms with van der Waals surface area (Å²) < 4.78 is 27.2. The fourth-order valence-electron chi connectivity index (χ4n) is 3.22. The number of nitrogens with one attached hydrogen (secondary N) is 1. The molecule has 2 aliphatic carbocycles. The standard InChI is InChI=1S/C17H24N2O4S/c20-17(21)11-19(10-13-6-7-13)16-8-15(9-16)18-24(22,23)12-14-4-2-1-3-5-14/h1-5,13,15-16,18H,6-12H2,(H,20,21). The molecule has 2 aliphatic rings. The second-order valence-corrected chi connectivity index (χ2v) is 8.71. The van der Waals surface area contributed by atoms with Gasteiger partial charge in [0.1, 0.15) is 0 Å². The number of carboxylic acid groups (broad SMARTS) is 1. The topological polar surface area (TPSA) is 86.7 Å². The van der Waals surface area contributed by atoms with Crippen molar-refractivity contribution in [2.24, 2.45) is 5.92 Å². The third-order valence-corrected chi connectivity index (χ3v) is 6.11. The van der Waals surface area contributed by atoms with E-state index in [4.69, 9.17) is 5.11 Å². The number of carbonyl (C=O) groups is 1. The van der Waals surface area contributed by atoms with Crippen molar-refractivity contribution in [3.63, 3.8) is 0 Å². The highest BCUT2D eigenvalue weighted by Gasteiger charge is 2.38. The van der Waals surface area contributed by atoms with Crippen molar-refractivity contribution in [2.75, 3.05) is 13.1 Å². The number of hydrogen-bond acceptors (Lipinski definition) is 4. The van der Waals surface area contributed by atoms with Gasteiger partial charge in [0.25, 0.3) is 0 Å². The van der Waals surface area contributed by atoms with E-state index in [1.807, 2.05) is 23.1 Å². The van der Waals surface area contributed by atoms with Gasteiger partial charge in [-0.05, 0) is 37.2 Å². The van der Waals surface area contributed by atoms with Crippen molar-refractivity contribution in [2.45, 2.75) is 43.5 Å². The first kappa shape index (κ1) is 17.4. The van der Waals surface area contributed by atoms with Crippen LogP contribution in [0.25, 0.3) is 0 Å². The Morgan fingerprint density at radius 2 is 1.88 bits per heavy atom. The molecule has 0 spiro atoms. The highest BCUT2D eigenvalue weighted by molar-refractivity contribution is 7.88. The Bertz CT molecular complexity index is 667. The zero-order valence-electron chi connectivity index (χ0n) is 13.6. The van der Waals surface area contributed by atoms with Gasteiger partial charge >= 0.3 is 5.97 Å². The van der Waals surface area contributed by atoms with E-state index in [2.05, 4.69) is 4.72 Å². The van der Waals surface area contributed by atoms with Crippen LogP contribution in [0, 0.1) is 5.92 Å². The Hall–Kier alpha value is -1.44. The molecule has 24 heavy (non-hydrogen) atoms. The Labute approximate surface area is 142 Å². The zero-order chi connectivity index (χ0) is 17.2. The third-order valence-electron chi connectivity index (χ3n) is 4.70. The quantitative estimate of drug-likeness (QED) is 0.702. The van der Waals surface area contributed by atoms with Gasteiger partial charge in [0.05, 0.1) is 12.3 Å². The highest BCUT2D eigenvalue weighted by atomic mass is 32.2. The molecule has 1 aromatic rings. The summed E-state index contributed by atoms with van der Waals surface area (Å²) in [5, 5.41) is 9.05. The zero-order valence-corrected chi connectivity index (χ0v) is 14.4. The molecule has 0 heterocycles. The van der Waals surface area contributed by atoms with E-state index in [-0.39, 0.29) is 24.4 Å². The smallest absolute Gasteiger partial charge is 0.317 e. The number of nitrogens with zero attached hydrogens (tertiary/aromatic N) is 1. The van der Waals surface area contributed by atoms with Crippen LogP contribution >= 0.6 is 0 Å². The minimum absolute atomic E-state index is 0.0179. The SMILES string of the molecule is O=C(O)CN(CC1CC1)C1CC(NS(=O)(=O)Cc2ccccc2)C1. The van der Waals surface area contributed by atoms with Crippen LogP contribution in [0.15, 0.2) is 30.3 Å². The summed E-state index contributed by atoms with van der Waals surface area (Å²) in [6.45, 7) is 0.866. The average molecular weight is 352 g/mol. The molecule has 0 radical (unpaired) electrons. The van der Waals surface area contributed by atoms with Crippen LogP contribution in [-0.4, -0.2) is 49.6 Å². The van der Waals surface area contributed by atoms with Gasteiger partial charge in [-0.25, -0.2) is 13.1 Å². The second-order valence-electron chi connectivity index (χ2n) is 6.95. The number of sulfonamides is 1. The third kappa shape index (κ3) is 5.03. The first-order chi connectivity index (χ1) is 11.4. The predicted molar refractivity (Wildman–Crippen MR) is 90.9 cm³/mol. The molecule has 7 heteroatoms. The molecule has 0 atom stereocenters. The maximum absolute atomic E-state index is 12.2. The summed E-state index contributed by atoms with van der Waals surface area (Å²) in [7, 11) is -3.36. The van der Waals surface area contributed by atoms with Crippen LogP contribution < -0.4 is 4.72 Å². The Morgan fingerprint density at radius 3 is 2.46 bits per heavy atom. The van der Waals surface area contributed by atoms with E-state index in [1.54, 1.807) is 12.1 Å². The number of carboxylic acids is 1. The lowest BCUT2D eigenvalue weighted by Gasteiger charge is -2.42. The Morgan fingerprint density at radius 1 is 1.21 bits per heavy atom. The van der Waals surface area contributed by atoms with Gasteiger partial charge in [0.2, 0.25) is 10.0 Å². The summed E-state index contributed by atoms with van der Waals surface area (Å²) in [6.07, 6.45) is 3.73. The lowest BCUT2D eigenvalue weighted by atomic mass is 9.86. The predicted octanol–water partition coefficient (Wildman–Crippen LogP) is 1.43. The van der Waals surface area contributed by atoms with Crippen molar-refractivity contribution >= 4 is 16.0 Å². The lowest BCUT2D eigenvalue weighted by Crippen LogP contribution is -2.55. The summed E-state index contributed by atoms with van der Waals surface area (Å²) in [6, 6.07) is 9.19. The molecule has 0 aliphatic heterocycles. The van der Waals surface area contributed by atoms with Gasteiger partial charge in [0.15, 0.2) is 0 Å². The maximum Gasteiger partial charge on any atom is 0.317 e. The molecule has 0 saturated heterocycles. The monoisotopic (exact) mass is 352 g/mol. The van der Waals surface area contributed by atoms with E-state index >= 15 is 0 Å². The van der Waals surface area contributed by atoms with E-state index in [1.165, 1.54) is 12.8 Å². The summed E-state index contributed by atoms with van der Waals surface area (Å²) in [5.41, 5.74) is 0.766. The molecule has 0 aromatic heterocycles. The first-order valence-corrected chi connectivity index (χ1v) is 10.1. The van der Waals surface area contributed by atoms with Crippen molar-refractivity contribution < 1.29 is 18.3 Å². The van der Waals surface area contributed by atoms with Gasteiger partial charge in [-0.1, -0.05) is 30.3 Å². The number of aliphatic carboxylic acids is 1. The van der Waals surface area contributed by atoms with Crippen LogP contribution in [0.5, 0.6) is 0 Å². The fourth-order valence-corrected chi connectivity index (χ4v) is 4.63. The molecule has 132 valence electrons. The lowest BCUT2D eigenvalue weighted by molar-refractivity contribution is -0.139. The molecule has 1 aromatic carbocycles. The molecule has 2 saturated carbocycles. The average Bonchev–Trinajstić information content (AvgIpc) is 3.26. The van der Waals surface area contributed by atoms with Crippen LogP contribution in [0.1, 0.15) is 31.2 Å². The van der Waals surface area contributed by atoms with Gasteiger partial charge in [-0.3, -0.25) is 9.69 Å². The normalized spacial score (nSPS) is 23.9. The van der Waals surface area contributed by atoms with Gasteiger partial charge < -0.3 is 5.11 Å². The van der Waals surface area contributed by atoms with Crippen LogP contribution in [0.3, 0.4) is 0 Å². The van der Waals surface area contributed by atoms with Gasteiger partial charge in [0, 0.05) is 18.6 Å². The number of benzene rings is 1. The molecular weight excluding hydrogens is 328 g/mol. The number of hydrogen-bond donors (Lipinski definition) is 2. The first-order valence-electron chi connectivity index (χ1n) is 8.41. The molecule has 2 N–H and O–H groups in total. The maximum atomic E-state index is 12.2. The molecule has 6 nitrogen and oxygen atoms in total. The summed E-state index contributed by atoms with van der Waals surface area (Å²) in [5.74, 6) is -0.211. The Kier molecular flexibility index (Phi) is 5.22. The van der Waals surface area contributed by atoms with Crippen LogP contribution in [0.2, 0.25) is 0 Å². The van der Waals surface area contributed by atoms with Gasteiger partial charge in [-0.2, -0.15) is 0 Å².